The van der Waals surface area contributed by atoms with E-state index in [4.69, 9.17) is 0 Å². The van der Waals surface area contributed by atoms with Crippen molar-refractivity contribution in [3.05, 3.63) is 35.5 Å². The topological polar surface area (TPSA) is 90.0 Å². The molecule has 3 aromatic heterocycles. The molecule has 0 spiro atoms. The van der Waals surface area contributed by atoms with E-state index in [1.165, 1.54) is 0 Å². The number of fused-ring (bicyclic) bond motifs is 1. The molecular formula is C14H17N7O. The first-order valence-corrected chi connectivity index (χ1v) is 7.01. The third-order valence-corrected chi connectivity index (χ3v) is 3.22. The van der Waals surface area contributed by atoms with Crippen LogP contribution in [0.15, 0.2) is 18.3 Å². The van der Waals surface area contributed by atoms with Crippen LogP contribution in [0.4, 0.5) is 5.82 Å². The largest absolute Gasteiger partial charge is 0.304 e. The minimum atomic E-state index is -0.384. The Morgan fingerprint density at radius 2 is 2.05 bits per heavy atom. The number of amides is 1. The van der Waals surface area contributed by atoms with Gasteiger partial charge in [-0.25, -0.2) is 14.2 Å². The predicted octanol–water partition coefficient (Wildman–Crippen LogP) is 1.77. The molecule has 0 saturated heterocycles. The maximum absolute atomic E-state index is 12.3. The zero-order chi connectivity index (χ0) is 15.9. The van der Waals surface area contributed by atoms with Crippen LogP contribution in [-0.4, -0.2) is 35.3 Å². The summed E-state index contributed by atoms with van der Waals surface area (Å²) in [6.45, 7) is 7.75. The van der Waals surface area contributed by atoms with Gasteiger partial charge in [0, 0.05) is 23.5 Å². The Morgan fingerprint density at radius 3 is 2.77 bits per heavy atom. The number of hydrogen-bond donors (Lipinski definition) is 1. The SMILES string of the molecule is Cc1cc(C)n2nc(C(=O)Nc3ccnn3C(C)C)nc2n1. The molecule has 3 rings (SSSR count). The molecule has 8 heteroatoms. The molecule has 8 nitrogen and oxygen atoms in total. The van der Waals surface area contributed by atoms with Crippen molar-refractivity contribution in [3.8, 4) is 0 Å². The van der Waals surface area contributed by atoms with Gasteiger partial charge in [0.25, 0.3) is 11.7 Å². The van der Waals surface area contributed by atoms with Gasteiger partial charge >= 0.3 is 0 Å². The summed E-state index contributed by atoms with van der Waals surface area (Å²) >= 11 is 0. The summed E-state index contributed by atoms with van der Waals surface area (Å²) in [7, 11) is 0. The molecule has 0 aliphatic rings. The van der Waals surface area contributed by atoms with Crippen LogP contribution in [0.3, 0.4) is 0 Å². The highest BCUT2D eigenvalue weighted by Gasteiger charge is 2.17. The van der Waals surface area contributed by atoms with Crippen LogP contribution in [0.5, 0.6) is 0 Å². The van der Waals surface area contributed by atoms with Crippen LogP contribution in [0, 0.1) is 13.8 Å². The van der Waals surface area contributed by atoms with Crippen LogP contribution in [-0.2, 0) is 0 Å². The van der Waals surface area contributed by atoms with E-state index in [2.05, 4.69) is 25.5 Å². The number of aryl methyl sites for hydroxylation is 2. The molecule has 0 radical (unpaired) electrons. The Hall–Kier alpha value is -2.77. The van der Waals surface area contributed by atoms with Gasteiger partial charge in [0.1, 0.15) is 5.82 Å². The van der Waals surface area contributed by atoms with Gasteiger partial charge in [-0.3, -0.25) is 4.79 Å². The van der Waals surface area contributed by atoms with Gasteiger partial charge in [0.05, 0.1) is 6.20 Å². The molecule has 0 bridgehead atoms. The average molecular weight is 299 g/mol. The van der Waals surface area contributed by atoms with Gasteiger partial charge in [-0.2, -0.15) is 10.1 Å². The number of nitrogens with one attached hydrogen (secondary N) is 1. The highest BCUT2D eigenvalue weighted by molar-refractivity contribution is 6.01. The second-order valence-electron chi connectivity index (χ2n) is 5.40. The molecule has 1 amide bonds. The summed E-state index contributed by atoms with van der Waals surface area (Å²) in [5.41, 5.74) is 1.71. The first-order chi connectivity index (χ1) is 10.5. The quantitative estimate of drug-likeness (QED) is 0.796. The Balaban J connectivity index is 1.92. The van der Waals surface area contributed by atoms with Gasteiger partial charge in [-0.05, 0) is 33.8 Å². The van der Waals surface area contributed by atoms with E-state index in [-0.39, 0.29) is 17.8 Å². The van der Waals surface area contributed by atoms with Crippen LogP contribution in [0.1, 0.15) is 41.9 Å². The van der Waals surface area contributed by atoms with Crippen molar-refractivity contribution in [3.63, 3.8) is 0 Å². The molecule has 0 unspecified atom stereocenters. The number of anilines is 1. The molecule has 3 heterocycles. The van der Waals surface area contributed by atoms with Crippen LogP contribution < -0.4 is 5.32 Å². The number of hydrogen-bond acceptors (Lipinski definition) is 5. The third kappa shape index (κ3) is 2.43. The molecule has 0 aliphatic carbocycles. The molecular weight excluding hydrogens is 282 g/mol. The molecule has 0 saturated carbocycles. The van der Waals surface area contributed by atoms with Gasteiger partial charge in [-0.1, -0.05) is 0 Å². The van der Waals surface area contributed by atoms with Crippen molar-refractivity contribution >= 4 is 17.5 Å². The molecule has 0 aromatic carbocycles. The lowest BCUT2D eigenvalue weighted by Crippen LogP contribution is -2.18. The third-order valence-electron chi connectivity index (χ3n) is 3.22. The fourth-order valence-electron chi connectivity index (χ4n) is 2.26. The van der Waals surface area contributed by atoms with E-state index in [1.54, 1.807) is 21.5 Å². The van der Waals surface area contributed by atoms with Crippen LogP contribution >= 0.6 is 0 Å². The van der Waals surface area contributed by atoms with Gasteiger partial charge in [0.15, 0.2) is 0 Å². The maximum Gasteiger partial charge on any atom is 0.296 e. The summed E-state index contributed by atoms with van der Waals surface area (Å²) in [4.78, 5) is 20.8. The van der Waals surface area contributed by atoms with Crippen LogP contribution in [0.25, 0.3) is 5.78 Å². The Kier molecular flexibility index (Phi) is 3.36. The summed E-state index contributed by atoms with van der Waals surface area (Å²) in [5, 5.41) is 11.2. The van der Waals surface area contributed by atoms with E-state index < -0.39 is 0 Å². The number of carbonyl (C=O) groups excluding carboxylic acids is 1. The van der Waals surface area contributed by atoms with Crippen molar-refractivity contribution < 1.29 is 4.79 Å². The Labute approximate surface area is 127 Å². The number of rotatable bonds is 3. The summed E-state index contributed by atoms with van der Waals surface area (Å²) in [5.74, 6) is 0.724. The zero-order valence-electron chi connectivity index (χ0n) is 12.9. The van der Waals surface area contributed by atoms with E-state index >= 15 is 0 Å². The molecule has 0 aliphatic heterocycles. The molecule has 0 atom stereocenters. The van der Waals surface area contributed by atoms with Gasteiger partial charge in [-0.15, -0.1) is 5.10 Å². The Morgan fingerprint density at radius 1 is 1.27 bits per heavy atom. The Bertz CT molecular complexity index is 846. The van der Waals surface area contributed by atoms with E-state index in [0.29, 0.717) is 11.6 Å². The minimum Gasteiger partial charge on any atom is -0.304 e. The van der Waals surface area contributed by atoms with E-state index in [9.17, 15) is 4.79 Å². The van der Waals surface area contributed by atoms with Crippen molar-refractivity contribution in [2.45, 2.75) is 33.7 Å². The minimum absolute atomic E-state index is 0.0812. The number of aromatic nitrogens is 6. The van der Waals surface area contributed by atoms with Crippen molar-refractivity contribution in [2.75, 3.05) is 5.32 Å². The molecule has 0 fully saturated rings. The monoisotopic (exact) mass is 299 g/mol. The lowest BCUT2D eigenvalue weighted by Gasteiger charge is -2.10. The van der Waals surface area contributed by atoms with E-state index in [1.807, 2.05) is 33.8 Å². The number of carbonyl (C=O) groups is 1. The van der Waals surface area contributed by atoms with Crippen molar-refractivity contribution in [1.82, 2.24) is 29.4 Å². The van der Waals surface area contributed by atoms with Crippen molar-refractivity contribution in [2.24, 2.45) is 0 Å². The summed E-state index contributed by atoms with van der Waals surface area (Å²) in [6.07, 6.45) is 1.64. The van der Waals surface area contributed by atoms with Crippen LogP contribution in [0.2, 0.25) is 0 Å². The highest BCUT2D eigenvalue weighted by Crippen LogP contribution is 2.14. The summed E-state index contributed by atoms with van der Waals surface area (Å²) in [6, 6.07) is 3.77. The molecule has 3 aromatic rings. The molecule has 114 valence electrons. The fraction of sp³-hybridized carbons (Fsp3) is 0.357. The normalized spacial score (nSPS) is 11.3. The maximum atomic E-state index is 12.3. The second-order valence-corrected chi connectivity index (χ2v) is 5.40. The summed E-state index contributed by atoms with van der Waals surface area (Å²) < 4.78 is 3.28. The molecule has 22 heavy (non-hydrogen) atoms. The lowest BCUT2D eigenvalue weighted by atomic mass is 10.4. The first-order valence-electron chi connectivity index (χ1n) is 7.01. The average Bonchev–Trinajstić information content (AvgIpc) is 3.04. The number of nitrogens with zero attached hydrogens (tertiary/aromatic N) is 6. The molecule has 1 N–H and O–H groups in total. The van der Waals surface area contributed by atoms with Gasteiger partial charge in [0.2, 0.25) is 5.82 Å². The smallest absolute Gasteiger partial charge is 0.296 e. The fourth-order valence-corrected chi connectivity index (χ4v) is 2.26. The van der Waals surface area contributed by atoms with Gasteiger partial charge < -0.3 is 5.32 Å². The van der Waals surface area contributed by atoms with Crippen molar-refractivity contribution in [1.29, 1.82) is 0 Å². The predicted molar refractivity (Wildman–Crippen MR) is 80.8 cm³/mol. The standard InChI is InChI=1S/C14H17N7O/c1-8(2)20-11(5-6-15-20)17-13(22)12-18-14-16-9(3)7-10(4)21(14)19-12/h5-8H,1-4H3,(H,17,22). The first kappa shape index (κ1) is 14.2. The van der Waals surface area contributed by atoms with E-state index in [0.717, 1.165) is 11.4 Å². The lowest BCUT2D eigenvalue weighted by molar-refractivity contribution is 0.101. The second kappa shape index (κ2) is 5.21. The highest BCUT2D eigenvalue weighted by atomic mass is 16.2. The zero-order valence-corrected chi connectivity index (χ0v) is 12.9.